The molecule has 5 saturated heterocycles. The molecule has 2 aromatic rings. The Labute approximate surface area is 644 Å². The fraction of sp³-hybridized carbons (Fsp3) is 0.778. The molecule has 35 nitrogen and oxygen atoms in total. The van der Waals surface area contributed by atoms with Gasteiger partial charge in [-0.2, -0.15) is 0 Å². The predicted octanol–water partition coefficient (Wildman–Crippen LogP) is 8.97. The number of unbranched alkanes of at least 4 members (excludes halogenated alkanes) is 6. The van der Waals surface area contributed by atoms with E-state index in [9.17, 15) is 51.1 Å². The zero-order valence-electron chi connectivity index (χ0n) is 62.5. The number of azide groups is 3. The molecule has 24 atom stereocenters. The van der Waals surface area contributed by atoms with Crippen molar-refractivity contribution in [3.8, 4) is 0 Å². The average molecular weight is 1590 g/mol. The molecule has 0 aliphatic carbocycles. The Morgan fingerprint density at radius 2 is 0.734 bits per heavy atom. The number of alkyl halides is 2. The molecule has 0 spiro atoms. The van der Waals surface area contributed by atoms with Crippen LogP contribution in [0.4, 0.5) is 0 Å². The normalized spacial score (nSPS) is 31.7. The minimum atomic E-state index is -1.89. The number of rotatable bonds is 48. The molecule has 5 aliphatic heterocycles. The van der Waals surface area contributed by atoms with E-state index in [1.807, 2.05) is 41.5 Å². The zero-order chi connectivity index (χ0) is 78.5. The molecule has 3 N–H and O–H groups in total. The van der Waals surface area contributed by atoms with Crippen LogP contribution in [0.5, 0.6) is 0 Å². The van der Waals surface area contributed by atoms with Gasteiger partial charge >= 0.3 is 23.9 Å². The van der Waals surface area contributed by atoms with Gasteiger partial charge in [-0.1, -0.05) is 132 Å². The first-order valence-electron chi connectivity index (χ1n) is 37.6. The van der Waals surface area contributed by atoms with Gasteiger partial charge in [0.2, 0.25) is 0 Å². The number of hydrogen-bond donors (Lipinski definition) is 3. The van der Waals surface area contributed by atoms with Gasteiger partial charge in [-0.25, -0.2) is 9.59 Å². The molecule has 0 bridgehead atoms. The van der Waals surface area contributed by atoms with Crippen molar-refractivity contribution in [1.29, 1.82) is 0 Å². The van der Waals surface area contributed by atoms with Gasteiger partial charge in [-0.05, 0) is 79.4 Å². The van der Waals surface area contributed by atoms with Crippen molar-refractivity contribution in [2.75, 3.05) is 91.0 Å². The van der Waals surface area contributed by atoms with E-state index in [-0.39, 0.29) is 57.4 Å². The van der Waals surface area contributed by atoms with Crippen LogP contribution in [0.25, 0.3) is 31.3 Å². The lowest BCUT2D eigenvalue weighted by Gasteiger charge is -2.52. The van der Waals surface area contributed by atoms with Gasteiger partial charge < -0.3 is 105 Å². The van der Waals surface area contributed by atoms with Gasteiger partial charge in [0.1, 0.15) is 110 Å². The Kier molecular flexibility index (Phi) is 41.1. The second kappa shape index (κ2) is 49.6. The Morgan fingerprint density at radius 3 is 1.10 bits per heavy atom. The van der Waals surface area contributed by atoms with E-state index in [1.54, 1.807) is 36.4 Å². The molecule has 7 rings (SSSR count). The summed E-state index contributed by atoms with van der Waals surface area (Å²) >= 11 is 12.1. The van der Waals surface area contributed by atoms with Crippen molar-refractivity contribution in [3.63, 3.8) is 0 Å². The summed E-state index contributed by atoms with van der Waals surface area (Å²) in [5.41, 5.74) is 30.9. The van der Waals surface area contributed by atoms with Crippen LogP contribution in [0.15, 0.2) is 76.0 Å². The third-order valence-electron chi connectivity index (χ3n) is 18.6. The molecule has 0 radical (unpaired) electrons. The van der Waals surface area contributed by atoms with Crippen LogP contribution in [0, 0.1) is 0 Å². The molecule has 0 saturated carbocycles. The van der Waals surface area contributed by atoms with E-state index >= 15 is 0 Å². The highest BCUT2D eigenvalue weighted by Crippen LogP contribution is 2.41. The number of ether oxygens (including phenoxy) is 19. The van der Waals surface area contributed by atoms with Crippen LogP contribution in [0.1, 0.15) is 139 Å². The number of hydrogen-bond acceptors (Lipinski definition) is 29. The highest BCUT2D eigenvalue weighted by molar-refractivity contribution is 6.26. The van der Waals surface area contributed by atoms with Crippen molar-refractivity contribution < 1.29 is 124 Å². The second-order valence-electron chi connectivity index (χ2n) is 26.4. The SMILES string of the molecule is CCCCOC1C(N=[N+]=[N-])COC(CO)C1OC1OC(COC(=O)CCl)C(OC2OC(CO)C(OC3OC(COC(=O)CCl)C(OC4OC(CO)C(OCCCC)C(OCCCC)C4N=[N+]=[N-])C(OCCCC)C3OC(=O)c3ccccc3)C(OCCCC)C2N=[N+]=[N-])C(OCCCC)C1OC(=O)c1ccccc1. The van der Waals surface area contributed by atoms with Crippen molar-refractivity contribution >= 4 is 47.1 Å². The summed E-state index contributed by atoms with van der Waals surface area (Å²) in [4.78, 5) is 65.4. The van der Waals surface area contributed by atoms with Gasteiger partial charge in [0.15, 0.2) is 37.4 Å². The second-order valence-corrected chi connectivity index (χ2v) is 26.9. The minimum Gasteiger partial charge on any atom is -0.462 e. The van der Waals surface area contributed by atoms with Crippen LogP contribution in [-0.4, -0.2) is 277 Å². The van der Waals surface area contributed by atoms with Gasteiger partial charge in [0.05, 0.1) is 61.9 Å². The van der Waals surface area contributed by atoms with E-state index in [1.165, 1.54) is 24.3 Å². The third kappa shape index (κ3) is 26.1. The zero-order valence-corrected chi connectivity index (χ0v) is 64.0. The first-order valence-corrected chi connectivity index (χ1v) is 38.7. The third-order valence-corrected chi connectivity index (χ3v) is 19.1. The molecule has 0 aromatic heterocycles. The molecule has 37 heteroatoms. The number of esters is 4. The number of carbonyl (C=O) groups excluding carboxylic acids is 4. The van der Waals surface area contributed by atoms with Crippen molar-refractivity contribution in [3.05, 3.63) is 103 Å². The molecule has 109 heavy (non-hydrogen) atoms. The predicted molar refractivity (Wildman–Crippen MR) is 386 cm³/mol. The Hall–Kier alpha value is -5.89. The lowest BCUT2D eigenvalue weighted by atomic mass is 9.93. The maximum Gasteiger partial charge on any atom is 0.338 e. The molecule has 5 heterocycles. The molecule has 2 aromatic carbocycles. The molecule has 0 amide bonds. The topological polar surface area (TPSA) is 451 Å². The summed E-state index contributed by atoms with van der Waals surface area (Å²) in [6.07, 6.45) is -24.7. The summed E-state index contributed by atoms with van der Waals surface area (Å²) in [5.74, 6) is -4.91. The Bertz CT molecular complexity index is 3140. The average Bonchev–Trinajstić information content (AvgIpc) is 0.760. The van der Waals surface area contributed by atoms with Crippen LogP contribution in [0.2, 0.25) is 0 Å². The smallest absolute Gasteiger partial charge is 0.338 e. The summed E-state index contributed by atoms with van der Waals surface area (Å²) < 4.78 is 125. The Morgan fingerprint density at radius 1 is 0.413 bits per heavy atom. The van der Waals surface area contributed by atoms with Crippen molar-refractivity contribution in [2.45, 2.75) is 266 Å². The number of nitrogens with zero attached hydrogens (tertiary/aromatic N) is 9. The number of halogens is 2. The first kappa shape index (κ1) is 90.3. The molecular formula is C72H107Cl2N9O26. The molecule has 24 unspecified atom stereocenters. The molecule has 610 valence electrons. The Balaban J connectivity index is 1.37. The number of benzene rings is 2. The molecular weight excluding hydrogens is 1480 g/mol. The van der Waals surface area contributed by atoms with Crippen molar-refractivity contribution in [1.82, 2.24) is 0 Å². The maximum absolute atomic E-state index is 14.8. The van der Waals surface area contributed by atoms with Gasteiger partial charge in [-0.3, -0.25) is 9.59 Å². The summed E-state index contributed by atoms with van der Waals surface area (Å²) in [7, 11) is 0. The van der Waals surface area contributed by atoms with E-state index < -0.39 is 216 Å². The van der Waals surface area contributed by atoms with E-state index in [0.29, 0.717) is 64.2 Å². The van der Waals surface area contributed by atoms with Crippen LogP contribution in [-0.2, 0) is 99.6 Å². The number of aliphatic hydroxyl groups excluding tert-OH is 3. The van der Waals surface area contributed by atoms with Crippen LogP contribution in [0.3, 0.4) is 0 Å². The van der Waals surface area contributed by atoms with Gasteiger partial charge in [-0.15, -0.1) is 23.2 Å². The molecule has 5 fully saturated rings. The van der Waals surface area contributed by atoms with Crippen LogP contribution >= 0.6 is 23.2 Å². The van der Waals surface area contributed by atoms with E-state index in [2.05, 4.69) is 30.1 Å². The van der Waals surface area contributed by atoms with E-state index in [4.69, 9.17) is 113 Å². The van der Waals surface area contributed by atoms with Crippen LogP contribution < -0.4 is 0 Å². The standard InChI is InChI=1S/C72H107Cl2N9O26/c1-7-13-29-91-55-45(78-81-75)40-97-46(37-84)57(55)108-71-65(104-67(89)43-25-21-19-22-26-43)63(95-33-17-11-5)60(49(102-71)41-98-51(87)35-73)107-70-54(80-83-77)62(94-32-16-10-4)58(48(39-86)101-70)109-72-66(105-68(90)44-27-23-20-24-28-44)64(96-34-18-12-6)59(50(103-72)42-99-52(88)36-74)106-69-53(79-82-76)61(93-31-15-9-3)56(47(38-85)100-69)92-30-14-8-2/h19-28,45-50,53-66,69-72,84-86H,7-18,29-42H2,1-6H3. The number of aliphatic hydroxyl groups is 3. The highest BCUT2D eigenvalue weighted by Gasteiger charge is 2.60. The first-order chi connectivity index (χ1) is 53.2. The summed E-state index contributed by atoms with van der Waals surface area (Å²) in [6.45, 7) is 8.23. The summed E-state index contributed by atoms with van der Waals surface area (Å²) in [6, 6.07) is 11.7. The lowest BCUT2D eigenvalue weighted by Crippen LogP contribution is -2.69. The largest absolute Gasteiger partial charge is 0.462 e. The van der Waals surface area contributed by atoms with E-state index in [0.717, 1.165) is 12.8 Å². The fourth-order valence-electron chi connectivity index (χ4n) is 12.9. The number of carbonyl (C=O) groups is 4. The minimum absolute atomic E-state index is 0.0438. The fourth-order valence-corrected chi connectivity index (χ4v) is 13.1. The lowest BCUT2D eigenvalue weighted by molar-refractivity contribution is -0.383. The quantitative estimate of drug-likeness (QED) is 0.0106. The maximum atomic E-state index is 14.8. The monoisotopic (exact) mass is 1580 g/mol. The van der Waals surface area contributed by atoms with Crippen molar-refractivity contribution in [2.24, 2.45) is 15.3 Å². The molecule has 5 aliphatic rings. The highest BCUT2D eigenvalue weighted by atomic mass is 35.5. The van der Waals surface area contributed by atoms with Gasteiger partial charge in [0, 0.05) is 54.4 Å². The summed E-state index contributed by atoms with van der Waals surface area (Å²) in [5, 5.41) is 46.1. The van der Waals surface area contributed by atoms with Gasteiger partial charge in [0.25, 0.3) is 0 Å².